The van der Waals surface area contributed by atoms with Crippen LogP contribution in [-0.4, -0.2) is 0 Å². The van der Waals surface area contributed by atoms with Crippen LogP contribution in [0.2, 0.25) is 0 Å². The molecule has 0 saturated carbocycles. The van der Waals surface area contributed by atoms with Crippen molar-refractivity contribution in [1.29, 1.82) is 0 Å². The average molecular weight is 226 g/mol. The summed E-state index contributed by atoms with van der Waals surface area (Å²) in [6, 6.07) is 7.86. The highest BCUT2D eigenvalue weighted by atomic mass is 125. The van der Waals surface area contributed by atoms with E-state index in [-0.39, 0.29) is 0 Å². The minimum atomic E-state index is 0.940. The van der Waals surface area contributed by atoms with E-state index < -0.39 is 0 Å². The van der Waals surface area contributed by atoms with Gasteiger partial charge in [0.2, 0.25) is 0 Å². The second-order valence-corrected chi connectivity index (χ2v) is 2.90. The summed E-state index contributed by atoms with van der Waals surface area (Å²) in [4.78, 5) is 0. The van der Waals surface area contributed by atoms with Gasteiger partial charge in [0.15, 0.2) is 0 Å². The molecule has 1 aromatic carbocycles. The number of hydrogen-bond acceptors (Lipinski definition) is 0. The van der Waals surface area contributed by atoms with Crippen molar-refractivity contribution in [2.75, 3.05) is 0 Å². The van der Waals surface area contributed by atoms with Gasteiger partial charge in [0, 0.05) is 9.13 Å². The maximum atomic E-state index is 5.15. The Morgan fingerprint density at radius 2 is 1.78 bits per heavy atom. The van der Waals surface area contributed by atoms with Gasteiger partial charge in [0.1, 0.15) is 0 Å². The summed E-state index contributed by atoms with van der Waals surface area (Å²) in [5.41, 5.74) is 0.940. The van der Waals surface area contributed by atoms with Gasteiger partial charge >= 0.3 is 0 Å². The predicted octanol–water partition coefficient (Wildman–Crippen LogP) is 2.27. The highest BCUT2D eigenvalue weighted by Gasteiger charge is 1.84. The molecule has 0 fully saturated rings. The first-order chi connectivity index (χ1) is 4.33. The molecule has 0 amide bonds. The Balaban J connectivity index is 3.06. The van der Waals surface area contributed by atoms with Crippen molar-refractivity contribution >= 4 is 22.6 Å². The Labute approximate surface area is 68.4 Å². The monoisotopic (exact) mass is 226 g/mol. The molecule has 0 radical (unpaired) electrons. The minimum absolute atomic E-state index is 0.940. The number of halogens is 1. The van der Waals surface area contributed by atoms with Crippen LogP contribution in [0.5, 0.6) is 0 Å². The molecular weight excluding hydrogens is 221 g/mol. The molecule has 0 N–H and O–H groups in total. The highest BCUT2D eigenvalue weighted by molar-refractivity contribution is 14.1. The van der Waals surface area contributed by atoms with E-state index in [0.717, 1.165) is 5.56 Å². The zero-order valence-electron chi connectivity index (χ0n) is 4.76. The SMILES string of the molecule is C#Cc1ccc([125I])cc1. The zero-order valence-corrected chi connectivity index (χ0v) is 6.92. The van der Waals surface area contributed by atoms with Crippen molar-refractivity contribution in [3.63, 3.8) is 0 Å². The van der Waals surface area contributed by atoms with Crippen LogP contribution in [0.3, 0.4) is 0 Å². The van der Waals surface area contributed by atoms with Gasteiger partial charge in [-0.2, -0.15) is 0 Å². The molecule has 9 heavy (non-hydrogen) atoms. The summed E-state index contributed by atoms with van der Waals surface area (Å²) in [6.07, 6.45) is 5.15. The summed E-state index contributed by atoms with van der Waals surface area (Å²) in [7, 11) is 0. The molecule has 0 aliphatic rings. The molecule has 44 valence electrons. The van der Waals surface area contributed by atoms with Crippen molar-refractivity contribution in [3.05, 3.63) is 33.4 Å². The number of terminal acetylenes is 1. The molecule has 0 saturated heterocycles. The standard InChI is InChI=1S/C8H5I/c1-2-7-3-5-8(9)6-4-7/h1,3-6H/i9-2. The fourth-order valence-corrected chi connectivity index (χ4v) is 0.906. The van der Waals surface area contributed by atoms with E-state index in [1.807, 2.05) is 24.3 Å². The molecular formula is C8H5I. The topological polar surface area (TPSA) is 0 Å². The Hall–Kier alpha value is -0.490. The summed E-state index contributed by atoms with van der Waals surface area (Å²) >= 11 is 2.24. The van der Waals surface area contributed by atoms with E-state index in [4.69, 9.17) is 6.42 Å². The molecule has 0 nitrogen and oxygen atoms in total. The second-order valence-electron chi connectivity index (χ2n) is 1.65. The van der Waals surface area contributed by atoms with E-state index >= 15 is 0 Å². The third-order valence-corrected chi connectivity index (χ3v) is 1.73. The first-order valence-electron chi connectivity index (χ1n) is 2.55. The van der Waals surface area contributed by atoms with Crippen LogP contribution in [0.1, 0.15) is 5.56 Å². The fourth-order valence-electron chi connectivity index (χ4n) is 0.546. The number of rotatable bonds is 0. The number of hydrogen-bond donors (Lipinski definition) is 0. The van der Waals surface area contributed by atoms with Crippen molar-refractivity contribution < 1.29 is 0 Å². The first-order valence-corrected chi connectivity index (χ1v) is 3.63. The molecule has 0 unspecified atom stereocenters. The Morgan fingerprint density at radius 1 is 1.22 bits per heavy atom. The van der Waals surface area contributed by atoms with E-state index in [9.17, 15) is 0 Å². The smallest absolute Gasteiger partial charge is 0.0243 e. The fraction of sp³-hybridized carbons (Fsp3) is 0. The van der Waals surface area contributed by atoms with Crippen LogP contribution in [0.25, 0.3) is 0 Å². The van der Waals surface area contributed by atoms with E-state index in [1.165, 1.54) is 3.57 Å². The van der Waals surface area contributed by atoms with Crippen molar-refractivity contribution in [3.8, 4) is 12.3 Å². The van der Waals surface area contributed by atoms with E-state index in [2.05, 4.69) is 28.5 Å². The van der Waals surface area contributed by atoms with Crippen LogP contribution in [0, 0.1) is 15.9 Å². The maximum absolute atomic E-state index is 5.15. The third kappa shape index (κ3) is 1.72. The summed E-state index contributed by atoms with van der Waals surface area (Å²) in [5, 5.41) is 0. The third-order valence-electron chi connectivity index (χ3n) is 1.01. The summed E-state index contributed by atoms with van der Waals surface area (Å²) in [6.45, 7) is 0. The van der Waals surface area contributed by atoms with Gasteiger partial charge in [-0.1, -0.05) is 5.92 Å². The largest absolute Gasteiger partial charge is 0.115 e. The van der Waals surface area contributed by atoms with Gasteiger partial charge in [0.25, 0.3) is 0 Å². The molecule has 0 bridgehead atoms. The molecule has 0 heterocycles. The first kappa shape index (κ1) is 6.63. The lowest BCUT2D eigenvalue weighted by atomic mass is 10.2. The van der Waals surface area contributed by atoms with Gasteiger partial charge in [0.05, 0.1) is 0 Å². The minimum Gasteiger partial charge on any atom is -0.115 e. The summed E-state index contributed by atoms with van der Waals surface area (Å²) < 4.78 is 1.21. The normalized spacial score (nSPS) is 8.44. The quantitative estimate of drug-likeness (QED) is 0.470. The molecule has 1 heteroatoms. The second kappa shape index (κ2) is 2.88. The molecule has 0 aliphatic heterocycles. The Morgan fingerprint density at radius 3 is 2.22 bits per heavy atom. The van der Waals surface area contributed by atoms with Crippen LogP contribution in [0.15, 0.2) is 24.3 Å². The van der Waals surface area contributed by atoms with Crippen LogP contribution < -0.4 is 0 Å². The molecule has 1 aromatic rings. The lowest BCUT2D eigenvalue weighted by Gasteiger charge is -1.88. The Bertz CT molecular complexity index is 228. The van der Waals surface area contributed by atoms with Crippen LogP contribution in [0.4, 0.5) is 0 Å². The molecule has 1 rings (SSSR count). The highest BCUT2D eigenvalue weighted by Crippen LogP contribution is 2.04. The van der Waals surface area contributed by atoms with Crippen molar-refractivity contribution in [2.24, 2.45) is 0 Å². The van der Waals surface area contributed by atoms with E-state index in [1.54, 1.807) is 0 Å². The zero-order chi connectivity index (χ0) is 6.69. The van der Waals surface area contributed by atoms with Crippen LogP contribution in [-0.2, 0) is 0 Å². The molecule has 0 aliphatic carbocycles. The lowest BCUT2D eigenvalue weighted by Crippen LogP contribution is -1.72. The van der Waals surface area contributed by atoms with Crippen molar-refractivity contribution in [1.82, 2.24) is 0 Å². The van der Waals surface area contributed by atoms with Crippen LogP contribution >= 0.6 is 22.6 Å². The Kier molecular flexibility index (Phi) is 2.12. The van der Waals surface area contributed by atoms with Crippen molar-refractivity contribution in [2.45, 2.75) is 0 Å². The number of benzene rings is 1. The van der Waals surface area contributed by atoms with Gasteiger partial charge in [-0.05, 0) is 46.9 Å². The predicted molar refractivity (Wildman–Crippen MR) is 47.1 cm³/mol. The molecule has 0 spiro atoms. The van der Waals surface area contributed by atoms with Gasteiger partial charge in [-0.25, -0.2) is 0 Å². The average Bonchev–Trinajstić information content (AvgIpc) is 1.90. The lowest BCUT2D eigenvalue weighted by molar-refractivity contribution is 1.60. The molecule has 0 aromatic heterocycles. The van der Waals surface area contributed by atoms with Gasteiger partial charge < -0.3 is 0 Å². The molecule has 0 atom stereocenters. The maximum Gasteiger partial charge on any atom is 0.0243 e. The van der Waals surface area contributed by atoms with Gasteiger partial charge in [-0.15, -0.1) is 6.42 Å². The van der Waals surface area contributed by atoms with E-state index in [0.29, 0.717) is 0 Å². The van der Waals surface area contributed by atoms with Gasteiger partial charge in [-0.3, -0.25) is 0 Å². The summed E-state index contributed by atoms with van der Waals surface area (Å²) in [5.74, 6) is 2.55.